The van der Waals surface area contributed by atoms with E-state index in [4.69, 9.17) is 9.47 Å². The van der Waals surface area contributed by atoms with Crippen molar-refractivity contribution in [3.05, 3.63) is 24.3 Å². The first-order chi connectivity index (χ1) is 7.70. The molecule has 0 heterocycles. The molecular weight excluding hydrogens is 200 g/mol. The lowest BCUT2D eigenvalue weighted by Gasteiger charge is -2.05. The second kappa shape index (κ2) is 10.9. The summed E-state index contributed by atoms with van der Waals surface area (Å²) in [6, 6.07) is 0. The van der Waals surface area contributed by atoms with Gasteiger partial charge in [-0.15, -0.1) is 0 Å². The highest BCUT2D eigenvalue weighted by Gasteiger charge is 1.96. The largest absolute Gasteiger partial charge is 0.380 e. The van der Waals surface area contributed by atoms with E-state index < -0.39 is 0 Å². The lowest BCUT2D eigenvalue weighted by Crippen LogP contribution is -1.94. The molecule has 0 unspecified atom stereocenters. The SMILES string of the molecule is C=C(CCCCCCC(=C)COC)COC. The first-order valence-electron chi connectivity index (χ1n) is 6.02. The molecule has 94 valence electrons. The van der Waals surface area contributed by atoms with Crippen LogP contribution in [0.4, 0.5) is 0 Å². The van der Waals surface area contributed by atoms with Crippen molar-refractivity contribution >= 4 is 0 Å². The molecule has 0 saturated heterocycles. The summed E-state index contributed by atoms with van der Waals surface area (Å²) in [6.07, 6.45) is 7.16. The Morgan fingerprint density at radius 1 is 0.750 bits per heavy atom. The van der Waals surface area contributed by atoms with E-state index in [-0.39, 0.29) is 0 Å². The molecule has 0 aromatic carbocycles. The van der Waals surface area contributed by atoms with E-state index in [0.717, 1.165) is 12.8 Å². The van der Waals surface area contributed by atoms with Crippen LogP contribution in [0.2, 0.25) is 0 Å². The van der Waals surface area contributed by atoms with Crippen molar-refractivity contribution in [2.45, 2.75) is 38.5 Å². The van der Waals surface area contributed by atoms with E-state index in [2.05, 4.69) is 13.2 Å². The fourth-order valence-electron chi connectivity index (χ4n) is 1.66. The fraction of sp³-hybridized carbons (Fsp3) is 0.714. The van der Waals surface area contributed by atoms with Crippen LogP contribution in [0.5, 0.6) is 0 Å². The van der Waals surface area contributed by atoms with Gasteiger partial charge in [0.1, 0.15) is 0 Å². The quantitative estimate of drug-likeness (QED) is 0.395. The minimum Gasteiger partial charge on any atom is -0.380 e. The van der Waals surface area contributed by atoms with Gasteiger partial charge in [0, 0.05) is 14.2 Å². The zero-order chi connectivity index (χ0) is 12.2. The van der Waals surface area contributed by atoms with Crippen molar-refractivity contribution in [3.63, 3.8) is 0 Å². The Hall–Kier alpha value is -0.600. The van der Waals surface area contributed by atoms with Crippen LogP contribution < -0.4 is 0 Å². The molecule has 0 bridgehead atoms. The second-order valence-electron chi connectivity index (χ2n) is 4.28. The van der Waals surface area contributed by atoms with Crippen LogP contribution in [-0.4, -0.2) is 27.4 Å². The topological polar surface area (TPSA) is 18.5 Å². The molecule has 0 atom stereocenters. The Balaban J connectivity index is 3.21. The third-order valence-corrected chi connectivity index (χ3v) is 2.51. The van der Waals surface area contributed by atoms with Crippen molar-refractivity contribution in [1.82, 2.24) is 0 Å². The van der Waals surface area contributed by atoms with E-state index in [1.54, 1.807) is 14.2 Å². The summed E-state index contributed by atoms with van der Waals surface area (Å²) < 4.78 is 10.0. The van der Waals surface area contributed by atoms with Gasteiger partial charge >= 0.3 is 0 Å². The zero-order valence-corrected chi connectivity index (χ0v) is 10.9. The number of unbranched alkanes of at least 4 members (excludes halogenated alkanes) is 3. The smallest absolute Gasteiger partial charge is 0.0670 e. The van der Waals surface area contributed by atoms with Crippen molar-refractivity contribution in [1.29, 1.82) is 0 Å². The van der Waals surface area contributed by atoms with Gasteiger partial charge in [-0.2, -0.15) is 0 Å². The summed E-state index contributed by atoms with van der Waals surface area (Å²) >= 11 is 0. The minimum absolute atomic E-state index is 0.699. The van der Waals surface area contributed by atoms with Gasteiger partial charge in [-0.25, -0.2) is 0 Å². The van der Waals surface area contributed by atoms with E-state index in [9.17, 15) is 0 Å². The van der Waals surface area contributed by atoms with Gasteiger partial charge in [-0.05, 0) is 25.7 Å². The standard InChI is InChI=1S/C14H26O2/c1-13(11-15-3)9-7-5-6-8-10-14(2)12-16-4/h1-2,5-12H2,3-4H3. The van der Waals surface area contributed by atoms with E-state index >= 15 is 0 Å². The molecular formula is C14H26O2. The first-order valence-corrected chi connectivity index (χ1v) is 6.02. The predicted molar refractivity (Wildman–Crippen MR) is 69.7 cm³/mol. The van der Waals surface area contributed by atoms with Gasteiger partial charge in [-0.1, -0.05) is 37.1 Å². The number of ether oxygens (including phenoxy) is 2. The Morgan fingerprint density at radius 2 is 1.12 bits per heavy atom. The maximum atomic E-state index is 5.02. The maximum absolute atomic E-state index is 5.02. The second-order valence-corrected chi connectivity index (χ2v) is 4.28. The molecule has 0 aliphatic rings. The fourth-order valence-corrected chi connectivity index (χ4v) is 1.66. The Labute approximate surface area is 100 Å². The van der Waals surface area contributed by atoms with Gasteiger partial charge in [0.15, 0.2) is 0 Å². The Bertz CT molecular complexity index is 175. The summed E-state index contributed by atoms with van der Waals surface area (Å²) in [5, 5.41) is 0. The molecule has 0 amide bonds. The average Bonchev–Trinajstić information content (AvgIpc) is 2.24. The molecule has 0 aliphatic carbocycles. The van der Waals surface area contributed by atoms with E-state index in [1.165, 1.54) is 36.8 Å². The normalized spacial score (nSPS) is 10.4. The summed E-state index contributed by atoms with van der Waals surface area (Å²) in [6.45, 7) is 9.32. The lowest BCUT2D eigenvalue weighted by molar-refractivity contribution is 0.222. The third-order valence-electron chi connectivity index (χ3n) is 2.51. The van der Waals surface area contributed by atoms with Crippen molar-refractivity contribution < 1.29 is 9.47 Å². The van der Waals surface area contributed by atoms with Crippen LogP contribution >= 0.6 is 0 Å². The molecule has 0 aliphatic heterocycles. The number of methoxy groups -OCH3 is 2. The van der Waals surface area contributed by atoms with Crippen LogP contribution in [-0.2, 0) is 9.47 Å². The van der Waals surface area contributed by atoms with E-state index in [1.807, 2.05) is 0 Å². The van der Waals surface area contributed by atoms with Gasteiger partial charge in [0.05, 0.1) is 13.2 Å². The molecule has 16 heavy (non-hydrogen) atoms. The van der Waals surface area contributed by atoms with Gasteiger partial charge in [-0.3, -0.25) is 0 Å². The highest BCUT2D eigenvalue weighted by Crippen LogP contribution is 2.12. The van der Waals surface area contributed by atoms with Crippen LogP contribution in [0.25, 0.3) is 0 Å². The summed E-state index contributed by atoms with van der Waals surface area (Å²) in [5.74, 6) is 0. The summed E-state index contributed by atoms with van der Waals surface area (Å²) in [4.78, 5) is 0. The molecule has 0 aromatic rings. The van der Waals surface area contributed by atoms with E-state index in [0.29, 0.717) is 13.2 Å². The van der Waals surface area contributed by atoms with Gasteiger partial charge in [0.2, 0.25) is 0 Å². The highest BCUT2D eigenvalue weighted by molar-refractivity contribution is 4.94. The van der Waals surface area contributed by atoms with Crippen LogP contribution in [0.15, 0.2) is 24.3 Å². The number of hydrogen-bond donors (Lipinski definition) is 0. The minimum atomic E-state index is 0.699. The molecule has 0 saturated carbocycles. The molecule has 0 rings (SSSR count). The van der Waals surface area contributed by atoms with Crippen molar-refractivity contribution in [2.24, 2.45) is 0 Å². The zero-order valence-electron chi connectivity index (χ0n) is 10.9. The molecule has 2 nitrogen and oxygen atoms in total. The van der Waals surface area contributed by atoms with Gasteiger partial charge < -0.3 is 9.47 Å². The molecule has 0 spiro atoms. The molecule has 0 radical (unpaired) electrons. The molecule has 0 N–H and O–H groups in total. The van der Waals surface area contributed by atoms with Crippen LogP contribution in [0.1, 0.15) is 38.5 Å². The summed E-state index contributed by atoms with van der Waals surface area (Å²) in [7, 11) is 3.43. The van der Waals surface area contributed by atoms with Crippen molar-refractivity contribution in [3.8, 4) is 0 Å². The first kappa shape index (κ1) is 15.4. The maximum Gasteiger partial charge on any atom is 0.0670 e. The monoisotopic (exact) mass is 226 g/mol. The Morgan fingerprint density at radius 3 is 1.44 bits per heavy atom. The van der Waals surface area contributed by atoms with Crippen LogP contribution in [0, 0.1) is 0 Å². The Kier molecular flexibility index (Phi) is 10.5. The average molecular weight is 226 g/mol. The third kappa shape index (κ3) is 9.94. The highest BCUT2D eigenvalue weighted by atomic mass is 16.5. The van der Waals surface area contributed by atoms with Gasteiger partial charge in [0.25, 0.3) is 0 Å². The molecule has 0 fully saturated rings. The number of rotatable bonds is 11. The molecule has 2 heteroatoms. The number of hydrogen-bond acceptors (Lipinski definition) is 2. The lowest BCUT2D eigenvalue weighted by atomic mass is 10.1. The van der Waals surface area contributed by atoms with Crippen LogP contribution in [0.3, 0.4) is 0 Å². The summed E-state index contributed by atoms with van der Waals surface area (Å²) in [5.41, 5.74) is 2.40. The molecule has 0 aromatic heterocycles. The van der Waals surface area contributed by atoms with Crippen molar-refractivity contribution in [2.75, 3.05) is 27.4 Å². The predicted octanol–water partition coefficient (Wildman–Crippen LogP) is 3.73.